The van der Waals surface area contributed by atoms with E-state index in [9.17, 15) is 13.5 Å². The van der Waals surface area contributed by atoms with Gasteiger partial charge in [-0.1, -0.05) is 29.3 Å². The molecular weight excluding hydrogens is 447 g/mol. The van der Waals surface area contributed by atoms with Crippen LogP contribution in [0.5, 0.6) is 5.75 Å². The molecule has 156 valence electrons. The van der Waals surface area contributed by atoms with E-state index in [1.165, 1.54) is 0 Å². The van der Waals surface area contributed by atoms with Crippen molar-refractivity contribution in [1.82, 2.24) is 5.32 Å². The number of anilines is 1. The molecule has 10 heteroatoms. The zero-order valence-corrected chi connectivity index (χ0v) is 18.3. The van der Waals surface area contributed by atoms with Gasteiger partial charge in [-0.15, -0.1) is 12.4 Å². The average molecular weight is 470 g/mol. The molecule has 2 aromatic rings. The highest BCUT2D eigenvalue weighted by molar-refractivity contribution is 7.92. The number of nitrogens with one attached hydrogen (secondary N) is 2. The number of ether oxygens (including phenoxy) is 1. The molecule has 6 nitrogen and oxygen atoms in total. The highest BCUT2D eigenvalue weighted by atomic mass is 35.5. The van der Waals surface area contributed by atoms with Crippen molar-refractivity contribution in [2.45, 2.75) is 12.5 Å². The molecule has 0 aromatic heterocycles. The molecule has 0 unspecified atom stereocenters. The SMILES string of the molecule is CS(=O)(=O)Nc1ccc(OC[C@@H](O)CNCCc2ccc(Cl)c(Cl)c2)cc1.Cl. The first-order chi connectivity index (χ1) is 12.7. The third-order valence-electron chi connectivity index (χ3n) is 3.55. The Morgan fingerprint density at radius 3 is 2.39 bits per heavy atom. The van der Waals surface area contributed by atoms with Gasteiger partial charge in [0.05, 0.1) is 16.3 Å². The number of hydrogen-bond acceptors (Lipinski definition) is 5. The van der Waals surface area contributed by atoms with Gasteiger partial charge in [0.2, 0.25) is 10.0 Å². The summed E-state index contributed by atoms with van der Waals surface area (Å²) in [5.74, 6) is 0.545. The van der Waals surface area contributed by atoms with Gasteiger partial charge >= 0.3 is 0 Å². The van der Waals surface area contributed by atoms with E-state index in [0.717, 1.165) is 18.2 Å². The Kier molecular flexibility index (Phi) is 10.4. The summed E-state index contributed by atoms with van der Waals surface area (Å²) in [6.45, 7) is 1.19. The van der Waals surface area contributed by atoms with Crippen molar-refractivity contribution in [3.63, 3.8) is 0 Å². The quantitative estimate of drug-likeness (QED) is 0.464. The number of aliphatic hydroxyl groups is 1. The Bertz CT molecular complexity index is 848. The Labute approximate surface area is 181 Å². The monoisotopic (exact) mass is 468 g/mol. The average Bonchev–Trinajstić information content (AvgIpc) is 2.60. The Balaban J connectivity index is 0.00000392. The Hall–Kier alpha value is -1.22. The molecule has 0 spiro atoms. The molecule has 0 aliphatic carbocycles. The number of hydrogen-bond donors (Lipinski definition) is 3. The molecule has 0 saturated carbocycles. The number of sulfonamides is 1. The van der Waals surface area contributed by atoms with Crippen LogP contribution in [-0.2, 0) is 16.4 Å². The fraction of sp³-hybridized carbons (Fsp3) is 0.333. The predicted molar refractivity (Wildman–Crippen MR) is 117 cm³/mol. The van der Waals surface area contributed by atoms with Gasteiger partial charge in [-0.2, -0.15) is 0 Å². The van der Waals surface area contributed by atoms with Crippen LogP contribution in [0.2, 0.25) is 10.0 Å². The van der Waals surface area contributed by atoms with Crippen molar-refractivity contribution < 1.29 is 18.3 Å². The van der Waals surface area contributed by atoms with Crippen LogP contribution in [0, 0.1) is 0 Å². The van der Waals surface area contributed by atoms with Crippen molar-refractivity contribution >= 4 is 51.3 Å². The van der Waals surface area contributed by atoms with E-state index in [2.05, 4.69) is 10.0 Å². The van der Waals surface area contributed by atoms with E-state index >= 15 is 0 Å². The van der Waals surface area contributed by atoms with Crippen LogP contribution in [0.4, 0.5) is 5.69 Å². The van der Waals surface area contributed by atoms with E-state index in [1.54, 1.807) is 30.3 Å². The van der Waals surface area contributed by atoms with Crippen molar-refractivity contribution in [1.29, 1.82) is 0 Å². The molecule has 0 radical (unpaired) electrons. The maximum absolute atomic E-state index is 11.2. The Morgan fingerprint density at radius 1 is 1.11 bits per heavy atom. The third-order valence-corrected chi connectivity index (χ3v) is 4.90. The molecule has 0 aliphatic heterocycles. The van der Waals surface area contributed by atoms with Crippen LogP contribution in [-0.4, -0.2) is 45.6 Å². The fourth-order valence-electron chi connectivity index (χ4n) is 2.28. The van der Waals surface area contributed by atoms with Gasteiger partial charge in [-0.05, 0) is 54.9 Å². The predicted octanol–water partition coefficient (Wildman–Crippen LogP) is 3.36. The van der Waals surface area contributed by atoms with E-state index in [1.807, 2.05) is 12.1 Å². The smallest absolute Gasteiger partial charge is 0.229 e. The van der Waals surface area contributed by atoms with Gasteiger partial charge in [-0.25, -0.2) is 8.42 Å². The van der Waals surface area contributed by atoms with Crippen LogP contribution >= 0.6 is 35.6 Å². The molecule has 0 aliphatic rings. The first kappa shape index (κ1) is 24.8. The minimum absolute atomic E-state index is 0. The van der Waals surface area contributed by atoms with Gasteiger partial charge in [0.25, 0.3) is 0 Å². The first-order valence-corrected chi connectivity index (χ1v) is 10.9. The lowest BCUT2D eigenvalue weighted by molar-refractivity contribution is 0.106. The molecule has 3 N–H and O–H groups in total. The highest BCUT2D eigenvalue weighted by Gasteiger charge is 2.06. The van der Waals surface area contributed by atoms with Crippen LogP contribution in [0.25, 0.3) is 0 Å². The van der Waals surface area contributed by atoms with Crippen molar-refractivity contribution in [3.05, 3.63) is 58.1 Å². The van der Waals surface area contributed by atoms with E-state index in [4.69, 9.17) is 27.9 Å². The number of halogens is 3. The topological polar surface area (TPSA) is 87.7 Å². The normalized spacial score (nSPS) is 12.1. The molecule has 2 aromatic carbocycles. The number of aliphatic hydroxyl groups excluding tert-OH is 1. The number of rotatable bonds is 10. The van der Waals surface area contributed by atoms with Gasteiger partial charge < -0.3 is 15.2 Å². The van der Waals surface area contributed by atoms with Crippen LogP contribution in [0.3, 0.4) is 0 Å². The van der Waals surface area contributed by atoms with Crippen molar-refractivity contribution in [2.75, 3.05) is 30.7 Å². The Morgan fingerprint density at radius 2 is 1.79 bits per heavy atom. The zero-order valence-electron chi connectivity index (χ0n) is 15.2. The molecule has 0 bridgehead atoms. The second kappa shape index (κ2) is 11.7. The van der Waals surface area contributed by atoms with Crippen molar-refractivity contribution in [2.24, 2.45) is 0 Å². The maximum Gasteiger partial charge on any atom is 0.229 e. The summed E-state index contributed by atoms with van der Waals surface area (Å²) in [4.78, 5) is 0. The molecule has 1 atom stereocenters. The van der Waals surface area contributed by atoms with Crippen molar-refractivity contribution in [3.8, 4) is 5.75 Å². The third kappa shape index (κ3) is 9.32. The summed E-state index contributed by atoms with van der Waals surface area (Å²) in [5.41, 5.74) is 1.51. The summed E-state index contributed by atoms with van der Waals surface area (Å²) >= 11 is 11.9. The summed E-state index contributed by atoms with van der Waals surface area (Å²) in [6, 6.07) is 12.0. The van der Waals surface area contributed by atoms with E-state index in [-0.39, 0.29) is 19.0 Å². The number of benzene rings is 2. The molecule has 0 fully saturated rings. The summed E-state index contributed by atoms with van der Waals surface area (Å²) < 4.78 is 30.2. The molecule has 2 rings (SSSR count). The largest absolute Gasteiger partial charge is 0.491 e. The summed E-state index contributed by atoms with van der Waals surface area (Å²) in [6.07, 6.45) is 1.18. The standard InChI is InChI=1S/C18H22Cl2N2O4S.ClH/c1-27(24,25)22-14-3-5-16(6-4-14)26-12-15(23)11-21-9-8-13-2-7-17(19)18(20)10-13;/h2-7,10,15,21-23H,8-9,11-12H2,1H3;1H/t15-;/m0./s1. The van der Waals surface area contributed by atoms with Gasteiger partial charge in [0, 0.05) is 12.2 Å². The molecule has 28 heavy (non-hydrogen) atoms. The lowest BCUT2D eigenvalue weighted by atomic mass is 10.1. The van der Waals surface area contributed by atoms with Crippen LogP contribution < -0.4 is 14.8 Å². The maximum atomic E-state index is 11.2. The summed E-state index contributed by atoms with van der Waals surface area (Å²) in [7, 11) is -3.31. The second-order valence-electron chi connectivity index (χ2n) is 6.07. The zero-order chi connectivity index (χ0) is 19.9. The van der Waals surface area contributed by atoms with E-state index in [0.29, 0.717) is 34.6 Å². The molecule has 0 amide bonds. The van der Waals surface area contributed by atoms with Gasteiger partial charge in [0.15, 0.2) is 0 Å². The molecule has 0 heterocycles. The minimum Gasteiger partial charge on any atom is -0.491 e. The molecule has 0 saturated heterocycles. The minimum atomic E-state index is -3.31. The van der Waals surface area contributed by atoms with Crippen LogP contribution in [0.1, 0.15) is 5.56 Å². The lowest BCUT2D eigenvalue weighted by Crippen LogP contribution is -2.32. The summed E-state index contributed by atoms with van der Waals surface area (Å²) in [5, 5.41) is 14.2. The molecular formula is C18H23Cl3N2O4S. The highest BCUT2D eigenvalue weighted by Crippen LogP contribution is 2.22. The fourth-order valence-corrected chi connectivity index (χ4v) is 3.17. The van der Waals surface area contributed by atoms with Gasteiger partial charge in [-0.3, -0.25) is 4.72 Å². The second-order valence-corrected chi connectivity index (χ2v) is 8.63. The van der Waals surface area contributed by atoms with Crippen LogP contribution in [0.15, 0.2) is 42.5 Å². The lowest BCUT2D eigenvalue weighted by Gasteiger charge is -2.14. The van der Waals surface area contributed by atoms with Gasteiger partial charge in [0.1, 0.15) is 18.5 Å². The van der Waals surface area contributed by atoms with E-state index < -0.39 is 16.1 Å². The first-order valence-electron chi connectivity index (χ1n) is 8.26.